The van der Waals surface area contributed by atoms with Gasteiger partial charge in [0.15, 0.2) is 9.84 Å². The Hall–Kier alpha value is -0.350. The highest BCUT2D eigenvalue weighted by atomic mass is 32.2. The van der Waals surface area contributed by atoms with Crippen molar-refractivity contribution in [2.75, 3.05) is 12.3 Å². The zero-order valence-corrected chi connectivity index (χ0v) is 6.76. The molecule has 3 rings (SSSR count). The fourth-order valence-electron chi connectivity index (χ4n) is 2.48. The van der Waals surface area contributed by atoms with Gasteiger partial charge in [-0.1, -0.05) is 12.2 Å². The average Bonchev–Trinajstić information content (AvgIpc) is 2.00. The van der Waals surface area contributed by atoms with Crippen LogP contribution in [-0.2, 0) is 9.84 Å². The van der Waals surface area contributed by atoms with E-state index < -0.39 is 14.6 Å². The van der Waals surface area contributed by atoms with Crippen LogP contribution >= 0.6 is 0 Å². The standard InChI is InChI=1S/C7H9NO2S/c9-11(10)4-5-3-8-6-1-2-7(5,6)11/h1-2,5-6,8H,3-4H2/t5-,6-,7+/m0/s1. The van der Waals surface area contributed by atoms with Crippen LogP contribution in [0.25, 0.3) is 0 Å². The molecule has 0 aromatic rings. The zero-order valence-electron chi connectivity index (χ0n) is 5.95. The number of nitrogens with one attached hydrogen (secondary N) is 1. The lowest BCUT2D eigenvalue weighted by Crippen LogP contribution is -2.65. The molecule has 0 radical (unpaired) electrons. The molecule has 0 amide bonds. The van der Waals surface area contributed by atoms with E-state index in [-0.39, 0.29) is 6.04 Å². The molecule has 1 spiro atoms. The van der Waals surface area contributed by atoms with Crippen LogP contribution < -0.4 is 5.32 Å². The lowest BCUT2D eigenvalue weighted by Gasteiger charge is -2.48. The minimum absolute atomic E-state index is 0.131. The van der Waals surface area contributed by atoms with E-state index in [1.807, 2.05) is 12.2 Å². The van der Waals surface area contributed by atoms with Crippen molar-refractivity contribution in [3.8, 4) is 0 Å². The quantitative estimate of drug-likeness (QED) is 0.491. The van der Waals surface area contributed by atoms with Gasteiger partial charge in [-0.2, -0.15) is 0 Å². The van der Waals surface area contributed by atoms with E-state index in [1.165, 1.54) is 0 Å². The summed E-state index contributed by atoms with van der Waals surface area (Å²) in [5.74, 6) is 0.753. The molecule has 1 aliphatic carbocycles. The Morgan fingerprint density at radius 2 is 2.36 bits per heavy atom. The molecule has 3 atom stereocenters. The molecule has 3 aliphatic rings. The number of sulfone groups is 1. The summed E-state index contributed by atoms with van der Waals surface area (Å²) >= 11 is 0. The van der Waals surface area contributed by atoms with Gasteiger partial charge in [-0.15, -0.1) is 0 Å². The summed E-state index contributed by atoms with van der Waals surface area (Å²) in [7, 11) is -2.77. The van der Waals surface area contributed by atoms with E-state index >= 15 is 0 Å². The molecule has 60 valence electrons. The van der Waals surface area contributed by atoms with Gasteiger partial charge in [0.25, 0.3) is 0 Å². The third-order valence-corrected chi connectivity index (χ3v) is 5.86. The number of hydrogen-bond acceptors (Lipinski definition) is 3. The third-order valence-electron chi connectivity index (χ3n) is 3.22. The van der Waals surface area contributed by atoms with Gasteiger partial charge in [0.05, 0.1) is 5.75 Å². The normalized spacial score (nSPS) is 55.6. The lowest BCUT2D eigenvalue weighted by molar-refractivity contribution is 0.413. The fourth-order valence-corrected chi connectivity index (χ4v) is 4.90. The van der Waals surface area contributed by atoms with Crippen molar-refractivity contribution in [2.45, 2.75) is 10.8 Å². The maximum Gasteiger partial charge on any atom is 0.162 e. The summed E-state index contributed by atoms with van der Waals surface area (Å²) in [6.45, 7) is 0.872. The van der Waals surface area contributed by atoms with E-state index in [1.54, 1.807) is 0 Å². The molecule has 2 heterocycles. The van der Waals surface area contributed by atoms with Crippen molar-refractivity contribution in [1.82, 2.24) is 5.32 Å². The van der Waals surface area contributed by atoms with Crippen LogP contribution in [0.5, 0.6) is 0 Å². The van der Waals surface area contributed by atoms with Gasteiger partial charge in [-0.05, 0) is 0 Å². The zero-order chi connectivity index (χ0) is 7.69. The summed E-state index contributed by atoms with van der Waals surface area (Å²) in [6, 6.07) is 0.131. The van der Waals surface area contributed by atoms with Crippen molar-refractivity contribution in [3.63, 3.8) is 0 Å². The van der Waals surface area contributed by atoms with Gasteiger partial charge < -0.3 is 5.32 Å². The molecular weight excluding hydrogens is 162 g/mol. The maximum absolute atomic E-state index is 11.4. The Morgan fingerprint density at radius 1 is 1.55 bits per heavy atom. The summed E-state index contributed by atoms with van der Waals surface area (Å²) in [6.07, 6.45) is 3.82. The molecule has 1 N–H and O–H groups in total. The highest BCUT2D eigenvalue weighted by Crippen LogP contribution is 2.51. The van der Waals surface area contributed by atoms with Gasteiger partial charge in [0.1, 0.15) is 4.75 Å². The van der Waals surface area contributed by atoms with Gasteiger partial charge in [-0.3, -0.25) is 0 Å². The molecule has 0 aromatic carbocycles. The van der Waals surface area contributed by atoms with E-state index in [0.717, 1.165) is 6.54 Å². The first-order valence-corrected chi connectivity index (χ1v) is 5.47. The van der Waals surface area contributed by atoms with Gasteiger partial charge in [0, 0.05) is 18.5 Å². The molecular formula is C7H9NO2S. The Kier molecular flexibility index (Phi) is 0.793. The second-order valence-electron chi connectivity index (χ2n) is 3.58. The van der Waals surface area contributed by atoms with Crippen molar-refractivity contribution < 1.29 is 8.42 Å². The van der Waals surface area contributed by atoms with Crippen LogP contribution in [0.1, 0.15) is 0 Å². The lowest BCUT2D eigenvalue weighted by atomic mass is 9.81. The molecule has 0 aromatic heterocycles. The Labute approximate surface area is 65.4 Å². The Bertz CT molecular complexity index is 345. The molecule has 0 unspecified atom stereocenters. The van der Waals surface area contributed by atoms with Crippen LogP contribution in [0, 0.1) is 5.92 Å². The third kappa shape index (κ3) is 0.420. The van der Waals surface area contributed by atoms with Crippen molar-refractivity contribution in [2.24, 2.45) is 5.92 Å². The van der Waals surface area contributed by atoms with Crippen molar-refractivity contribution in [3.05, 3.63) is 12.2 Å². The first kappa shape index (κ1) is 6.20. The monoisotopic (exact) mass is 171 g/mol. The van der Waals surface area contributed by atoms with Gasteiger partial charge in [-0.25, -0.2) is 8.42 Å². The maximum atomic E-state index is 11.4. The SMILES string of the molecule is O=S1(=O)C[C@@H]2CN[C@H]3C=C[C@@]231. The molecule has 4 heteroatoms. The van der Waals surface area contributed by atoms with Crippen LogP contribution in [-0.4, -0.2) is 31.5 Å². The smallest absolute Gasteiger partial charge is 0.162 e. The van der Waals surface area contributed by atoms with Crippen LogP contribution in [0.3, 0.4) is 0 Å². The predicted molar refractivity (Wildman–Crippen MR) is 40.9 cm³/mol. The second-order valence-corrected chi connectivity index (χ2v) is 5.85. The number of rotatable bonds is 0. The minimum Gasteiger partial charge on any atom is -0.308 e. The van der Waals surface area contributed by atoms with Gasteiger partial charge in [0.2, 0.25) is 0 Å². The van der Waals surface area contributed by atoms with E-state index in [0.29, 0.717) is 11.7 Å². The fraction of sp³-hybridized carbons (Fsp3) is 0.714. The second kappa shape index (κ2) is 1.41. The first-order valence-electron chi connectivity index (χ1n) is 3.82. The largest absolute Gasteiger partial charge is 0.308 e. The van der Waals surface area contributed by atoms with E-state index in [4.69, 9.17) is 0 Å². The molecule has 2 saturated heterocycles. The molecule has 2 aliphatic heterocycles. The summed E-state index contributed by atoms with van der Waals surface area (Å²) in [4.78, 5) is 0. The summed E-state index contributed by atoms with van der Waals surface area (Å²) in [5, 5.41) is 3.20. The minimum atomic E-state index is -2.77. The molecule has 0 saturated carbocycles. The van der Waals surface area contributed by atoms with E-state index in [9.17, 15) is 8.42 Å². The van der Waals surface area contributed by atoms with E-state index in [2.05, 4.69) is 5.32 Å². The van der Waals surface area contributed by atoms with Crippen molar-refractivity contribution >= 4 is 9.84 Å². The predicted octanol–water partition coefficient (Wildman–Crippen LogP) is -0.689. The average molecular weight is 171 g/mol. The van der Waals surface area contributed by atoms with Crippen LogP contribution in [0.4, 0.5) is 0 Å². The Morgan fingerprint density at radius 3 is 2.73 bits per heavy atom. The first-order chi connectivity index (χ1) is 5.17. The Balaban J connectivity index is 2.21. The topological polar surface area (TPSA) is 46.2 Å². The van der Waals surface area contributed by atoms with Crippen LogP contribution in [0.2, 0.25) is 0 Å². The van der Waals surface area contributed by atoms with Gasteiger partial charge >= 0.3 is 0 Å². The highest BCUT2D eigenvalue weighted by molar-refractivity contribution is 7.94. The molecule has 3 nitrogen and oxygen atoms in total. The number of hydrogen-bond donors (Lipinski definition) is 1. The van der Waals surface area contributed by atoms with Crippen LogP contribution in [0.15, 0.2) is 12.2 Å². The molecule has 0 bridgehead atoms. The highest BCUT2D eigenvalue weighted by Gasteiger charge is 2.68. The summed E-state index contributed by atoms with van der Waals surface area (Å²) < 4.78 is 22.3. The van der Waals surface area contributed by atoms with Crippen molar-refractivity contribution in [1.29, 1.82) is 0 Å². The molecule has 2 fully saturated rings. The summed E-state index contributed by atoms with van der Waals surface area (Å²) in [5.41, 5.74) is 0. The molecule has 11 heavy (non-hydrogen) atoms.